The van der Waals surface area contributed by atoms with Crippen LogP contribution in [-0.4, -0.2) is 0 Å². The molecule has 0 saturated heterocycles. The lowest BCUT2D eigenvalue weighted by Gasteiger charge is -2.16. The van der Waals surface area contributed by atoms with Gasteiger partial charge in [-0.1, -0.05) is 19.9 Å². The van der Waals surface area contributed by atoms with Crippen molar-refractivity contribution in [3.8, 4) is 0 Å². The molecule has 0 aromatic carbocycles. The number of hydrogen-bond acceptors (Lipinski definition) is 0. The standard InChI is InChI=1S/C9H17/c1-5-6-7-8-9(2,3)4/h5H,1-2,6-8H2,3-4H3. The van der Waals surface area contributed by atoms with Crippen LogP contribution < -0.4 is 0 Å². The number of rotatable bonds is 4. The third kappa shape index (κ3) is 7.74. The van der Waals surface area contributed by atoms with Gasteiger partial charge in [0, 0.05) is 0 Å². The van der Waals surface area contributed by atoms with E-state index in [4.69, 9.17) is 0 Å². The zero-order chi connectivity index (χ0) is 7.33. The Morgan fingerprint density at radius 2 is 2.00 bits per heavy atom. The molecule has 0 aliphatic rings. The molecule has 0 heterocycles. The second-order valence-corrected chi connectivity index (χ2v) is 3.35. The summed E-state index contributed by atoms with van der Waals surface area (Å²) in [5.74, 6) is 0. The van der Waals surface area contributed by atoms with Crippen molar-refractivity contribution in [2.24, 2.45) is 5.41 Å². The zero-order valence-electron chi connectivity index (χ0n) is 6.61. The molecule has 0 heteroatoms. The number of unbranched alkanes of at least 4 members (excludes halogenated alkanes) is 1. The lowest BCUT2D eigenvalue weighted by Crippen LogP contribution is -2.03. The SMILES string of the molecule is [CH2]C(C)(C)CCCC=C. The molecule has 0 N–H and O–H groups in total. The molecule has 1 radical (unpaired) electrons. The average Bonchev–Trinajstić information content (AvgIpc) is 1.63. The van der Waals surface area contributed by atoms with Gasteiger partial charge in [-0.15, -0.1) is 6.58 Å². The Kier molecular flexibility index (Phi) is 3.60. The molecular weight excluding hydrogens is 108 g/mol. The van der Waals surface area contributed by atoms with Crippen LogP contribution in [-0.2, 0) is 0 Å². The molecule has 9 heavy (non-hydrogen) atoms. The Balaban J connectivity index is 3.17. The first-order valence-corrected chi connectivity index (χ1v) is 3.52. The summed E-state index contributed by atoms with van der Waals surface area (Å²) in [6.45, 7) is 12.0. The highest BCUT2D eigenvalue weighted by Gasteiger charge is 2.07. The predicted molar refractivity (Wildman–Crippen MR) is 43.2 cm³/mol. The lowest BCUT2D eigenvalue weighted by molar-refractivity contribution is 0.419. The van der Waals surface area contributed by atoms with E-state index in [0.29, 0.717) is 0 Å². The van der Waals surface area contributed by atoms with Crippen LogP contribution in [0.2, 0.25) is 0 Å². The van der Waals surface area contributed by atoms with Crippen molar-refractivity contribution >= 4 is 0 Å². The third-order valence-electron chi connectivity index (χ3n) is 1.26. The minimum absolute atomic E-state index is 0.253. The second kappa shape index (κ2) is 3.71. The van der Waals surface area contributed by atoms with E-state index >= 15 is 0 Å². The largest absolute Gasteiger partial charge is 0.103 e. The minimum Gasteiger partial charge on any atom is -0.103 e. The molecule has 0 aliphatic carbocycles. The van der Waals surface area contributed by atoms with Gasteiger partial charge in [-0.25, -0.2) is 0 Å². The number of hydrogen-bond donors (Lipinski definition) is 0. The van der Waals surface area contributed by atoms with Crippen LogP contribution in [0, 0.1) is 12.3 Å². The Morgan fingerprint density at radius 3 is 2.33 bits per heavy atom. The van der Waals surface area contributed by atoms with Gasteiger partial charge in [0.1, 0.15) is 0 Å². The first-order valence-electron chi connectivity index (χ1n) is 3.52. The van der Waals surface area contributed by atoms with E-state index in [1.54, 1.807) is 0 Å². The van der Waals surface area contributed by atoms with Crippen LogP contribution in [0.3, 0.4) is 0 Å². The van der Waals surface area contributed by atoms with E-state index in [1.165, 1.54) is 12.8 Å². The molecule has 0 aromatic heterocycles. The molecule has 0 unspecified atom stereocenters. The van der Waals surface area contributed by atoms with E-state index in [9.17, 15) is 0 Å². The summed E-state index contributed by atoms with van der Waals surface area (Å²) in [5.41, 5.74) is 0.253. The lowest BCUT2D eigenvalue weighted by atomic mass is 9.90. The van der Waals surface area contributed by atoms with Crippen LogP contribution in [0.25, 0.3) is 0 Å². The average molecular weight is 125 g/mol. The smallest absolute Gasteiger partial charge is 0.0353 e. The Bertz CT molecular complexity index is 74.5. The van der Waals surface area contributed by atoms with E-state index in [0.717, 1.165) is 6.42 Å². The summed E-state index contributed by atoms with van der Waals surface area (Å²) >= 11 is 0. The van der Waals surface area contributed by atoms with Crippen LogP contribution in [0.1, 0.15) is 33.1 Å². The molecule has 0 bridgehead atoms. The fourth-order valence-corrected chi connectivity index (χ4v) is 0.725. The Hall–Kier alpha value is -0.260. The van der Waals surface area contributed by atoms with Gasteiger partial charge in [-0.2, -0.15) is 0 Å². The maximum absolute atomic E-state index is 4.01. The fraction of sp³-hybridized carbons (Fsp3) is 0.667. The molecule has 0 fully saturated rings. The normalized spacial score (nSPS) is 11.4. The van der Waals surface area contributed by atoms with Gasteiger partial charge in [0.05, 0.1) is 0 Å². The van der Waals surface area contributed by atoms with E-state index in [-0.39, 0.29) is 5.41 Å². The van der Waals surface area contributed by atoms with Gasteiger partial charge in [-0.05, 0) is 31.6 Å². The molecule has 0 nitrogen and oxygen atoms in total. The van der Waals surface area contributed by atoms with Crippen molar-refractivity contribution in [3.63, 3.8) is 0 Å². The summed E-state index contributed by atoms with van der Waals surface area (Å²) in [7, 11) is 0. The monoisotopic (exact) mass is 125 g/mol. The molecule has 0 saturated carbocycles. The van der Waals surface area contributed by atoms with Crippen LogP contribution >= 0.6 is 0 Å². The summed E-state index contributed by atoms with van der Waals surface area (Å²) in [6, 6.07) is 0. The summed E-state index contributed by atoms with van der Waals surface area (Å²) in [6.07, 6.45) is 5.50. The maximum Gasteiger partial charge on any atom is -0.0353 e. The van der Waals surface area contributed by atoms with Gasteiger partial charge in [0.2, 0.25) is 0 Å². The highest BCUT2D eigenvalue weighted by molar-refractivity contribution is 4.73. The highest BCUT2D eigenvalue weighted by atomic mass is 14.1. The van der Waals surface area contributed by atoms with Gasteiger partial charge in [0.25, 0.3) is 0 Å². The molecular formula is C9H17. The first kappa shape index (κ1) is 8.74. The van der Waals surface area contributed by atoms with Crippen molar-refractivity contribution in [1.29, 1.82) is 0 Å². The topological polar surface area (TPSA) is 0 Å². The van der Waals surface area contributed by atoms with Crippen molar-refractivity contribution in [2.45, 2.75) is 33.1 Å². The van der Waals surface area contributed by atoms with Crippen molar-refractivity contribution < 1.29 is 0 Å². The fourth-order valence-electron chi connectivity index (χ4n) is 0.725. The summed E-state index contributed by atoms with van der Waals surface area (Å²) in [5, 5.41) is 0. The van der Waals surface area contributed by atoms with E-state index < -0.39 is 0 Å². The van der Waals surface area contributed by atoms with E-state index in [2.05, 4.69) is 27.4 Å². The Morgan fingerprint density at radius 1 is 1.44 bits per heavy atom. The Labute approximate surface area is 59.0 Å². The highest BCUT2D eigenvalue weighted by Crippen LogP contribution is 2.20. The van der Waals surface area contributed by atoms with Crippen molar-refractivity contribution in [3.05, 3.63) is 19.6 Å². The molecule has 0 aliphatic heterocycles. The zero-order valence-corrected chi connectivity index (χ0v) is 6.61. The minimum atomic E-state index is 0.253. The molecule has 0 aromatic rings. The van der Waals surface area contributed by atoms with Gasteiger partial charge in [0.15, 0.2) is 0 Å². The van der Waals surface area contributed by atoms with Crippen LogP contribution in [0.15, 0.2) is 12.7 Å². The van der Waals surface area contributed by atoms with E-state index in [1.807, 2.05) is 6.08 Å². The van der Waals surface area contributed by atoms with Crippen molar-refractivity contribution in [1.82, 2.24) is 0 Å². The molecule has 0 amide bonds. The molecule has 0 atom stereocenters. The van der Waals surface area contributed by atoms with Gasteiger partial charge in [-0.3, -0.25) is 0 Å². The second-order valence-electron chi connectivity index (χ2n) is 3.35. The number of allylic oxidation sites excluding steroid dienone is 1. The first-order chi connectivity index (χ1) is 4.06. The third-order valence-corrected chi connectivity index (χ3v) is 1.26. The van der Waals surface area contributed by atoms with Gasteiger partial charge >= 0.3 is 0 Å². The van der Waals surface area contributed by atoms with Crippen LogP contribution in [0.4, 0.5) is 0 Å². The predicted octanol–water partition coefficient (Wildman–Crippen LogP) is 3.20. The summed E-state index contributed by atoms with van der Waals surface area (Å²) in [4.78, 5) is 0. The van der Waals surface area contributed by atoms with Crippen molar-refractivity contribution in [2.75, 3.05) is 0 Å². The summed E-state index contributed by atoms with van der Waals surface area (Å²) < 4.78 is 0. The quantitative estimate of drug-likeness (QED) is 0.400. The van der Waals surface area contributed by atoms with Gasteiger partial charge < -0.3 is 0 Å². The maximum atomic E-state index is 4.01. The van der Waals surface area contributed by atoms with Crippen LogP contribution in [0.5, 0.6) is 0 Å². The molecule has 53 valence electrons. The molecule has 0 spiro atoms. The molecule has 0 rings (SSSR count).